The first-order valence-electron chi connectivity index (χ1n) is 7.68. The molecule has 0 fully saturated rings. The molecule has 0 amide bonds. The molecule has 0 saturated carbocycles. The Bertz CT molecular complexity index is 855. The lowest BCUT2D eigenvalue weighted by molar-refractivity contribution is -0.149. The molecule has 0 heterocycles. The minimum absolute atomic E-state index is 0.0444. The van der Waals surface area contributed by atoms with Gasteiger partial charge in [0.2, 0.25) is 0 Å². The SMILES string of the molecule is CC(=O)[C@@H](Cc1ccc(O)c(O)c1)OC(=O)/C=C/c1ccc(O)c(O)c1. The highest BCUT2D eigenvalue weighted by atomic mass is 16.5. The van der Waals surface area contributed by atoms with Gasteiger partial charge in [-0.15, -0.1) is 0 Å². The Morgan fingerprint density at radius 1 is 0.962 bits per heavy atom. The minimum Gasteiger partial charge on any atom is -0.504 e. The summed E-state index contributed by atoms with van der Waals surface area (Å²) in [5, 5.41) is 37.4. The van der Waals surface area contributed by atoms with E-state index in [1.165, 1.54) is 49.4 Å². The van der Waals surface area contributed by atoms with E-state index in [0.717, 1.165) is 6.08 Å². The second kappa shape index (κ2) is 8.06. The lowest BCUT2D eigenvalue weighted by Gasteiger charge is -2.14. The molecule has 0 aliphatic heterocycles. The highest BCUT2D eigenvalue weighted by Gasteiger charge is 2.19. The monoisotopic (exact) mass is 358 g/mol. The second-order valence-corrected chi connectivity index (χ2v) is 5.64. The highest BCUT2D eigenvalue weighted by molar-refractivity contribution is 5.90. The lowest BCUT2D eigenvalue weighted by atomic mass is 10.0. The number of esters is 1. The van der Waals surface area contributed by atoms with Crippen LogP contribution in [-0.2, 0) is 20.7 Å². The largest absolute Gasteiger partial charge is 0.504 e. The zero-order chi connectivity index (χ0) is 19.3. The van der Waals surface area contributed by atoms with Crippen LogP contribution in [0.3, 0.4) is 0 Å². The molecule has 0 aliphatic rings. The molecule has 0 spiro atoms. The van der Waals surface area contributed by atoms with Gasteiger partial charge in [0.05, 0.1) is 0 Å². The minimum atomic E-state index is -1.05. The van der Waals surface area contributed by atoms with Gasteiger partial charge >= 0.3 is 5.97 Å². The Hall–Kier alpha value is -3.48. The van der Waals surface area contributed by atoms with E-state index in [4.69, 9.17) is 4.74 Å². The third-order valence-corrected chi connectivity index (χ3v) is 3.58. The number of phenolic OH excluding ortho intramolecular Hbond substituents is 4. The van der Waals surface area contributed by atoms with Gasteiger partial charge in [-0.05, 0) is 48.4 Å². The molecular weight excluding hydrogens is 340 g/mol. The van der Waals surface area contributed by atoms with Crippen LogP contribution in [-0.4, -0.2) is 38.3 Å². The third-order valence-electron chi connectivity index (χ3n) is 3.58. The summed E-state index contributed by atoms with van der Waals surface area (Å²) in [6, 6.07) is 8.10. The molecule has 7 nitrogen and oxygen atoms in total. The van der Waals surface area contributed by atoms with Crippen molar-refractivity contribution in [2.24, 2.45) is 0 Å². The predicted octanol–water partition coefficient (Wildman–Crippen LogP) is 2.27. The molecule has 1 atom stereocenters. The summed E-state index contributed by atoms with van der Waals surface area (Å²) < 4.78 is 5.13. The zero-order valence-electron chi connectivity index (χ0n) is 13.9. The Labute approximate surface area is 149 Å². The fourth-order valence-electron chi connectivity index (χ4n) is 2.17. The molecule has 0 aliphatic carbocycles. The summed E-state index contributed by atoms with van der Waals surface area (Å²) >= 11 is 0. The molecule has 0 aromatic heterocycles. The van der Waals surface area contributed by atoms with Gasteiger partial charge < -0.3 is 25.2 Å². The van der Waals surface area contributed by atoms with Crippen LogP contribution >= 0.6 is 0 Å². The van der Waals surface area contributed by atoms with E-state index in [-0.39, 0.29) is 35.2 Å². The van der Waals surface area contributed by atoms with Gasteiger partial charge in [0.15, 0.2) is 34.9 Å². The molecule has 2 rings (SSSR count). The summed E-state index contributed by atoms with van der Waals surface area (Å²) in [5.41, 5.74) is 0.973. The Morgan fingerprint density at radius 2 is 1.58 bits per heavy atom. The number of carbonyl (C=O) groups excluding carboxylic acids is 2. The van der Waals surface area contributed by atoms with Crippen molar-refractivity contribution in [2.45, 2.75) is 19.4 Å². The number of ketones is 1. The lowest BCUT2D eigenvalue weighted by Crippen LogP contribution is -2.26. The van der Waals surface area contributed by atoms with Crippen LogP contribution in [0, 0.1) is 0 Å². The first-order valence-corrected chi connectivity index (χ1v) is 7.68. The number of Topliss-reactive ketones (excluding diaryl/α,β-unsaturated/α-hetero) is 1. The van der Waals surface area contributed by atoms with Crippen LogP contribution in [0.15, 0.2) is 42.5 Å². The van der Waals surface area contributed by atoms with Crippen molar-refractivity contribution < 1.29 is 34.8 Å². The maximum Gasteiger partial charge on any atom is 0.331 e. The first kappa shape index (κ1) is 18.9. The van der Waals surface area contributed by atoms with E-state index in [2.05, 4.69) is 0 Å². The van der Waals surface area contributed by atoms with Gasteiger partial charge in [-0.25, -0.2) is 4.79 Å². The first-order chi connectivity index (χ1) is 12.3. The molecule has 4 N–H and O–H groups in total. The molecule has 2 aromatic carbocycles. The van der Waals surface area contributed by atoms with E-state index >= 15 is 0 Å². The number of phenols is 4. The molecule has 136 valence electrons. The number of rotatable bonds is 6. The average Bonchev–Trinajstić information content (AvgIpc) is 2.58. The maximum absolute atomic E-state index is 11.9. The molecule has 0 radical (unpaired) electrons. The summed E-state index contributed by atoms with van der Waals surface area (Å²) in [7, 11) is 0. The molecule has 0 unspecified atom stereocenters. The molecular formula is C19H18O7. The number of hydrogen-bond acceptors (Lipinski definition) is 7. The van der Waals surface area contributed by atoms with Crippen molar-refractivity contribution in [3.05, 3.63) is 53.6 Å². The maximum atomic E-state index is 11.9. The smallest absolute Gasteiger partial charge is 0.331 e. The molecule has 0 bridgehead atoms. The fourth-order valence-corrected chi connectivity index (χ4v) is 2.17. The predicted molar refractivity (Wildman–Crippen MR) is 92.8 cm³/mol. The summed E-state index contributed by atoms with van der Waals surface area (Å²) in [6.45, 7) is 1.28. The van der Waals surface area contributed by atoms with Gasteiger partial charge in [0.1, 0.15) is 0 Å². The Morgan fingerprint density at radius 3 is 2.15 bits per heavy atom. The topological polar surface area (TPSA) is 124 Å². The van der Waals surface area contributed by atoms with E-state index in [9.17, 15) is 30.0 Å². The summed E-state index contributed by atoms with van der Waals surface area (Å²) in [4.78, 5) is 23.6. The Kier molecular flexibility index (Phi) is 5.85. The van der Waals surface area contributed by atoms with Gasteiger partial charge in [0, 0.05) is 12.5 Å². The van der Waals surface area contributed by atoms with Crippen LogP contribution in [0.25, 0.3) is 6.08 Å². The van der Waals surface area contributed by atoms with Crippen LogP contribution in [0.5, 0.6) is 23.0 Å². The number of hydrogen-bond donors (Lipinski definition) is 4. The van der Waals surface area contributed by atoms with E-state index in [1.54, 1.807) is 0 Å². The van der Waals surface area contributed by atoms with Gasteiger partial charge in [-0.2, -0.15) is 0 Å². The van der Waals surface area contributed by atoms with Crippen LogP contribution in [0.4, 0.5) is 0 Å². The van der Waals surface area contributed by atoms with Gasteiger partial charge in [0.25, 0.3) is 0 Å². The standard InChI is InChI=1S/C19H18O7/c1-11(20)18(10-13-3-6-15(22)17(24)9-13)26-19(25)7-4-12-2-5-14(21)16(23)8-12/h2-9,18,21-24H,10H2,1H3/b7-4+/t18-/m1/s1. The van der Waals surface area contributed by atoms with Crippen molar-refractivity contribution in [3.8, 4) is 23.0 Å². The molecule has 2 aromatic rings. The zero-order valence-corrected chi connectivity index (χ0v) is 13.9. The van der Waals surface area contributed by atoms with Gasteiger partial charge in [-0.1, -0.05) is 12.1 Å². The quantitative estimate of drug-likeness (QED) is 0.355. The van der Waals surface area contributed by atoms with Gasteiger partial charge in [-0.3, -0.25) is 4.79 Å². The van der Waals surface area contributed by atoms with E-state index < -0.39 is 12.1 Å². The molecule has 7 heteroatoms. The molecule has 0 saturated heterocycles. The number of ether oxygens (including phenoxy) is 1. The number of benzene rings is 2. The van der Waals surface area contributed by atoms with Crippen molar-refractivity contribution in [3.63, 3.8) is 0 Å². The normalized spacial score (nSPS) is 12.0. The van der Waals surface area contributed by atoms with E-state index in [1.807, 2.05) is 0 Å². The Balaban J connectivity index is 2.05. The second-order valence-electron chi connectivity index (χ2n) is 5.64. The van der Waals surface area contributed by atoms with Crippen LogP contribution in [0.2, 0.25) is 0 Å². The van der Waals surface area contributed by atoms with Crippen molar-refractivity contribution >= 4 is 17.8 Å². The number of carbonyl (C=O) groups is 2. The van der Waals surface area contributed by atoms with Crippen molar-refractivity contribution in [2.75, 3.05) is 0 Å². The van der Waals surface area contributed by atoms with E-state index in [0.29, 0.717) is 11.1 Å². The highest BCUT2D eigenvalue weighted by Crippen LogP contribution is 2.26. The van der Waals surface area contributed by atoms with Crippen molar-refractivity contribution in [1.82, 2.24) is 0 Å². The third kappa shape index (κ3) is 5.01. The van der Waals surface area contributed by atoms with Crippen LogP contribution in [0.1, 0.15) is 18.1 Å². The molecule has 26 heavy (non-hydrogen) atoms. The summed E-state index contributed by atoms with van der Waals surface area (Å²) in [6.07, 6.45) is 1.45. The van der Waals surface area contributed by atoms with Crippen LogP contribution < -0.4 is 0 Å². The van der Waals surface area contributed by atoms with Crippen molar-refractivity contribution in [1.29, 1.82) is 0 Å². The number of aromatic hydroxyl groups is 4. The fraction of sp³-hybridized carbons (Fsp3) is 0.158. The summed E-state index contributed by atoms with van der Waals surface area (Å²) in [5.74, 6) is -2.36. The average molecular weight is 358 g/mol.